The minimum atomic E-state index is -3.81. The summed E-state index contributed by atoms with van der Waals surface area (Å²) < 4.78 is 30.9. The zero-order chi connectivity index (χ0) is 18.1. The largest absolute Gasteiger partial charge is 0.495 e. The van der Waals surface area contributed by atoms with E-state index in [0.717, 1.165) is 4.31 Å². The molecular weight excluding hydrogens is 336 g/mol. The summed E-state index contributed by atoms with van der Waals surface area (Å²) in [5.74, 6) is -1.44. The van der Waals surface area contributed by atoms with E-state index in [1.54, 1.807) is 0 Å². The SMILES string of the molecule is COc1ccc(C(=O)N2CCCC2C(=O)O)cc1S(=O)(=O)N(C)C. The number of ether oxygens (including phenoxy) is 1. The van der Waals surface area contributed by atoms with Crippen LogP contribution < -0.4 is 4.74 Å². The first-order valence-corrected chi connectivity index (χ1v) is 8.78. The van der Waals surface area contributed by atoms with Gasteiger partial charge in [0, 0.05) is 26.2 Å². The molecule has 1 saturated heterocycles. The van der Waals surface area contributed by atoms with E-state index in [4.69, 9.17) is 4.74 Å². The van der Waals surface area contributed by atoms with Crippen molar-refractivity contribution in [1.29, 1.82) is 0 Å². The van der Waals surface area contributed by atoms with E-state index in [1.807, 2.05) is 0 Å². The van der Waals surface area contributed by atoms with Gasteiger partial charge in [0.15, 0.2) is 0 Å². The summed E-state index contributed by atoms with van der Waals surface area (Å²) in [6.07, 6.45) is 0.988. The van der Waals surface area contributed by atoms with Crippen molar-refractivity contribution < 1.29 is 27.9 Å². The number of carboxylic acids is 1. The second-order valence-electron chi connectivity index (χ2n) is 5.65. The predicted molar refractivity (Wildman–Crippen MR) is 85.6 cm³/mol. The Balaban J connectivity index is 2.46. The van der Waals surface area contributed by atoms with Crippen LogP contribution in [0.25, 0.3) is 0 Å². The Kier molecular flexibility index (Phi) is 5.14. The van der Waals surface area contributed by atoms with Crippen molar-refractivity contribution in [3.63, 3.8) is 0 Å². The third kappa shape index (κ3) is 3.22. The van der Waals surface area contributed by atoms with Crippen LogP contribution in [0, 0.1) is 0 Å². The normalized spacial score (nSPS) is 18.0. The average Bonchev–Trinajstić information content (AvgIpc) is 3.03. The van der Waals surface area contributed by atoms with Crippen molar-refractivity contribution in [3.8, 4) is 5.75 Å². The molecule has 1 amide bonds. The standard InChI is InChI=1S/C15H20N2O6S/c1-16(2)24(21,22)13-9-10(6-7-12(13)23-3)14(18)17-8-4-5-11(17)15(19)20/h6-7,9,11H,4-5,8H2,1-3H3,(H,19,20). The highest BCUT2D eigenvalue weighted by molar-refractivity contribution is 7.89. The van der Waals surface area contributed by atoms with Crippen LogP contribution in [0.3, 0.4) is 0 Å². The quantitative estimate of drug-likeness (QED) is 0.830. The number of carbonyl (C=O) groups is 2. The van der Waals surface area contributed by atoms with Gasteiger partial charge < -0.3 is 14.7 Å². The fourth-order valence-corrected chi connectivity index (χ4v) is 3.72. The first-order valence-electron chi connectivity index (χ1n) is 7.34. The summed E-state index contributed by atoms with van der Waals surface area (Å²) in [5.41, 5.74) is 0.115. The molecule has 1 aliphatic rings. The number of likely N-dealkylation sites (tertiary alicyclic amines) is 1. The number of benzene rings is 1. The van der Waals surface area contributed by atoms with Crippen LogP contribution in [0.4, 0.5) is 0 Å². The highest BCUT2D eigenvalue weighted by Crippen LogP contribution is 2.28. The summed E-state index contributed by atoms with van der Waals surface area (Å²) >= 11 is 0. The van der Waals surface area contributed by atoms with E-state index in [2.05, 4.69) is 0 Å². The molecule has 0 bridgehead atoms. The molecule has 132 valence electrons. The number of hydrogen-bond acceptors (Lipinski definition) is 5. The van der Waals surface area contributed by atoms with E-state index in [0.29, 0.717) is 19.4 Å². The molecule has 2 rings (SSSR count). The van der Waals surface area contributed by atoms with Gasteiger partial charge in [0.1, 0.15) is 16.7 Å². The van der Waals surface area contributed by atoms with Crippen LogP contribution in [0.5, 0.6) is 5.75 Å². The molecule has 0 aromatic heterocycles. The molecule has 1 heterocycles. The Morgan fingerprint density at radius 3 is 2.54 bits per heavy atom. The van der Waals surface area contributed by atoms with Gasteiger partial charge in [-0.15, -0.1) is 0 Å². The topological polar surface area (TPSA) is 104 Å². The molecule has 1 unspecified atom stereocenters. The predicted octanol–water partition coefficient (Wildman–Crippen LogP) is 0.635. The van der Waals surface area contributed by atoms with E-state index >= 15 is 0 Å². The fourth-order valence-electron chi connectivity index (χ4n) is 2.64. The molecule has 0 spiro atoms. The van der Waals surface area contributed by atoms with Gasteiger partial charge >= 0.3 is 5.97 Å². The number of sulfonamides is 1. The van der Waals surface area contributed by atoms with Crippen molar-refractivity contribution in [2.75, 3.05) is 27.7 Å². The number of rotatable bonds is 5. The summed E-state index contributed by atoms with van der Waals surface area (Å²) in [6, 6.07) is 3.18. The lowest BCUT2D eigenvalue weighted by Gasteiger charge is -2.22. The molecule has 0 saturated carbocycles. The van der Waals surface area contributed by atoms with Crippen LogP contribution in [0.15, 0.2) is 23.1 Å². The molecule has 1 aliphatic heterocycles. The molecule has 8 nitrogen and oxygen atoms in total. The molecule has 24 heavy (non-hydrogen) atoms. The van der Waals surface area contributed by atoms with Crippen molar-refractivity contribution >= 4 is 21.9 Å². The number of aliphatic carboxylic acids is 1. The monoisotopic (exact) mass is 356 g/mol. The maximum absolute atomic E-state index is 12.6. The summed E-state index contributed by atoms with van der Waals surface area (Å²) in [6.45, 7) is 0.331. The van der Waals surface area contributed by atoms with Crippen LogP contribution in [0.2, 0.25) is 0 Å². The van der Waals surface area contributed by atoms with Gasteiger partial charge in [-0.3, -0.25) is 4.79 Å². The van der Waals surface area contributed by atoms with Crippen LogP contribution in [-0.4, -0.2) is 68.4 Å². The maximum Gasteiger partial charge on any atom is 0.326 e. The Labute approximate surface area is 140 Å². The number of hydrogen-bond donors (Lipinski definition) is 1. The molecule has 1 aromatic rings. The van der Waals surface area contributed by atoms with Gasteiger partial charge in [-0.05, 0) is 31.0 Å². The number of amides is 1. The van der Waals surface area contributed by atoms with E-state index in [1.165, 1.54) is 44.3 Å². The Morgan fingerprint density at radius 1 is 1.33 bits per heavy atom. The Bertz CT molecular complexity index is 759. The Hall–Kier alpha value is -2.13. The first kappa shape index (κ1) is 18.2. The second kappa shape index (κ2) is 6.78. The number of methoxy groups -OCH3 is 1. The third-order valence-corrected chi connectivity index (χ3v) is 5.80. The zero-order valence-corrected chi connectivity index (χ0v) is 14.5. The molecule has 1 atom stereocenters. The molecule has 1 aromatic carbocycles. The van der Waals surface area contributed by atoms with Gasteiger partial charge in [-0.25, -0.2) is 17.5 Å². The van der Waals surface area contributed by atoms with Gasteiger partial charge in [0.2, 0.25) is 10.0 Å². The number of nitrogens with zero attached hydrogens (tertiary/aromatic N) is 2. The van der Waals surface area contributed by atoms with Gasteiger partial charge in [-0.1, -0.05) is 0 Å². The molecule has 1 fully saturated rings. The highest BCUT2D eigenvalue weighted by Gasteiger charge is 2.35. The lowest BCUT2D eigenvalue weighted by molar-refractivity contribution is -0.141. The molecule has 0 aliphatic carbocycles. The van der Waals surface area contributed by atoms with Crippen LogP contribution in [0.1, 0.15) is 23.2 Å². The molecule has 1 N–H and O–H groups in total. The van der Waals surface area contributed by atoms with Gasteiger partial charge in [0.25, 0.3) is 5.91 Å². The lowest BCUT2D eigenvalue weighted by Crippen LogP contribution is -2.40. The number of carbonyl (C=O) groups excluding carboxylic acids is 1. The minimum Gasteiger partial charge on any atom is -0.495 e. The van der Waals surface area contributed by atoms with Crippen molar-refractivity contribution in [2.24, 2.45) is 0 Å². The molecule has 0 radical (unpaired) electrons. The zero-order valence-electron chi connectivity index (χ0n) is 13.7. The molecule has 9 heteroatoms. The maximum atomic E-state index is 12.6. The van der Waals surface area contributed by atoms with Crippen molar-refractivity contribution in [1.82, 2.24) is 9.21 Å². The second-order valence-corrected chi connectivity index (χ2v) is 7.77. The van der Waals surface area contributed by atoms with Crippen LogP contribution >= 0.6 is 0 Å². The molecular formula is C15H20N2O6S. The smallest absolute Gasteiger partial charge is 0.326 e. The lowest BCUT2D eigenvalue weighted by atomic mass is 10.1. The van der Waals surface area contributed by atoms with E-state index in [-0.39, 0.29) is 16.2 Å². The summed E-state index contributed by atoms with van der Waals surface area (Å²) in [4.78, 5) is 25.0. The van der Waals surface area contributed by atoms with Crippen molar-refractivity contribution in [3.05, 3.63) is 23.8 Å². The van der Waals surface area contributed by atoms with Gasteiger partial charge in [-0.2, -0.15) is 0 Å². The first-order chi connectivity index (χ1) is 11.2. The number of carboxylic acid groups (broad SMARTS) is 1. The summed E-state index contributed by atoms with van der Waals surface area (Å²) in [7, 11) is 0.290. The fraction of sp³-hybridized carbons (Fsp3) is 0.467. The van der Waals surface area contributed by atoms with Crippen molar-refractivity contribution in [2.45, 2.75) is 23.8 Å². The summed E-state index contributed by atoms with van der Waals surface area (Å²) in [5, 5.41) is 9.20. The minimum absolute atomic E-state index is 0.115. The van der Waals surface area contributed by atoms with E-state index < -0.39 is 27.9 Å². The van der Waals surface area contributed by atoms with Crippen LogP contribution in [-0.2, 0) is 14.8 Å². The Morgan fingerprint density at radius 2 is 2.00 bits per heavy atom. The third-order valence-electron chi connectivity index (χ3n) is 3.97. The van der Waals surface area contributed by atoms with E-state index in [9.17, 15) is 23.1 Å². The average molecular weight is 356 g/mol. The van der Waals surface area contributed by atoms with Gasteiger partial charge in [0.05, 0.1) is 7.11 Å². The highest BCUT2D eigenvalue weighted by atomic mass is 32.2.